The third kappa shape index (κ3) is 4.55. The molecule has 0 saturated heterocycles. The van der Waals surface area contributed by atoms with Crippen LogP contribution >= 0.6 is 34.2 Å². The summed E-state index contributed by atoms with van der Waals surface area (Å²) in [5.41, 5.74) is 1.58. The van der Waals surface area contributed by atoms with Crippen LogP contribution in [0, 0.1) is 12.3 Å². The van der Waals surface area contributed by atoms with Crippen LogP contribution < -0.4 is 13.6 Å². The molecule has 2 heterocycles. The Hall–Kier alpha value is -1.92. The van der Waals surface area contributed by atoms with Gasteiger partial charge in [-0.1, -0.05) is 0 Å². The molecule has 2 aromatic heterocycles. The predicted molar refractivity (Wildman–Crippen MR) is 117 cm³/mol. The summed E-state index contributed by atoms with van der Waals surface area (Å²) in [5, 5.41) is 31.1. The first-order valence-electron chi connectivity index (χ1n) is 8.79. The maximum atomic E-state index is 11.4. The fourth-order valence-electron chi connectivity index (χ4n) is 3.18. The number of ether oxygens (including phenoxy) is 1. The first kappa shape index (κ1) is 20.8. The SMILES string of the molecule is Cc1c(C(=O)O)sc(NI)c1C(=N)Nc1cccnc1O[C@H]1CC[C@H](O)CC1. The summed E-state index contributed by atoms with van der Waals surface area (Å²) in [4.78, 5) is 15.9. The van der Waals surface area contributed by atoms with E-state index >= 15 is 0 Å². The monoisotopic (exact) mass is 516 g/mol. The molecule has 2 aromatic rings. The zero-order valence-electron chi connectivity index (χ0n) is 15.2. The van der Waals surface area contributed by atoms with Crippen molar-refractivity contribution in [2.45, 2.75) is 44.8 Å². The predicted octanol–water partition coefficient (Wildman–Crippen LogP) is 4.03. The van der Waals surface area contributed by atoms with Crippen LogP contribution in [-0.2, 0) is 0 Å². The second-order valence-corrected chi connectivity index (χ2v) is 8.12. The average molecular weight is 516 g/mol. The molecular formula is C18H21IN4O4S. The third-order valence-electron chi connectivity index (χ3n) is 4.63. The van der Waals surface area contributed by atoms with E-state index in [9.17, 15) is 15.0 Å². The van der Waals surface area contributed by atoms with Gasteiger partial charge in [0.2, 0.25) is 5.88 Å². The van der Waals surface area contributed by atoms with Gasteiger partial charge in [0.1, 0.15) is 27.5 Å². The van der Waals surface area contributed by atoms with Gasteiger partial charge in [-0.25, -0.2) is 9.78 Å². The second-order valence-electron chi connectivity index (χ2n) is 6.56. The molecule has 0 atom stereocenters. The molecule has 28 heavy (non-hydrogen) atoms. The molecule has 1 saturated carbocycles. The maximum absolute atomic E-state index is 11.4. The lowest BCUT2D eigenvalue weighted by Gasteiger charge is -2.26. The number of aromatic carboxylic acids is 1. The summed E-state index contributed by atoms with van der Waals surface area (Å²) in [5.74, 6) is -0.555. The van der Waals surface area contributed by atoms with Crippen molar-refractivity contribution < 1.29 is 19.7 Å². The highest BCUT2D eigenvalue weighted by molar-refractivity contribution is 14.1. The van der Waals surface area contributed by atoms with Crippen LogP contribution in [0.15, 0.2) is 18.3 Å². The number of aliphatic hydroxyl groups excluding tert-OH is 1. The number of carbonyl (C=O) groups is 1. The van der Waals surface area contributed by atoms with Crippen LogP contribution in [0.4, 0.5) is 10.7 Å². The van der Waals surface area contributed by atoms with Crippen LogP contribution in [0.25, 0.3) is 0 Å². The number of rotatable bonds is 6. The number of aliphatic hydroxyl groups is 1. The first-order valence-corrected chi connectivity index (χ1v) is 10.7. The molecule has 1 aliphatic rings. The Morgan fingerprint density at radius 2 is 2.11 bits per heavy atom. The van der Waals surface area contributed by atoms with E-state index in [0.29, 0.717) is 40.5 Å². The summed E-state index contributed by atoms with van der Waals surface area (Å²) in [6, 6.07) is 3.51. The zero-order valence-corrected chi connectivity index (χ0v) is 18.1. The first-order chi connectivity index (χ1) is 13.4. The van der Waals surface area contributed by atoms with Gasteiger partial charge < -0.3 is 23.8 Å². The Bertz CT molecular complexity index is 880. The van der Waals surface area contributed by atoms with Crippen molar-refractivity contribution >= 4 is 56.7 Å². The Balaban J connectivity index is 1.81. The summed E-state index contributed by atoms with van der Waals surface area (Å²) < 4.78 is 8.95. The number of anilines is 2. The summed E-state index contributed by atoms with van der Waals surface area (Å²) in [6.07, 6.45) is 4.24. The van der Waals surface area contributed by atoms with E-state index < -0.39 is 5.97 Å². The topological polar surface area (TPSA) is 128 Å². The molecule has 0 aromatic carbocycles. The van der Waals surface area contributed by atoms with Gasteiger partial charge in [0.25, 0.3) is 0 Å². The second kappa shape index (κ2) is 9.05. The lowest BCUT2D eigenvalue weighted by atomic mass is 9.95. The van der Waals surface area contributed by atoms with Crippen LogP contribution in [0.2, 0.25) is 0 Å². The van der Waals surface area contributed by atoms with Crippen molar-refractivity contribution in [2.24, 2.45) is 0 Å². The van der Waals surface area contributed by atoms with Gasteiger partial charge in [-0.2, -0.15) is 0 Å². The van der Waals surface area contributed by atoms with Crippen molar-refractivity contribution in [2.75, 3.05) is 8.85 Å². The van der Waals surface area contributed by atoms with Crippen LogP contribution in [-0.4, -0.2) is 39.2 Å². The average Bonchev–Trinajstić information content (AvgIpc) is 3.02. The number of hydrogen-bond acceptors (Lipinski definition) is 7. The number of carboxylic acids is 1. The van der Waals surface area contributed by atoms with Crippen molar-refractivity contribution in [3.8, 4) is 5.88 Å². The number of amidine groups is 1. The maximum Gasteiger partial charge on any atom is 0.346 e. The van der Waals surface area contributed by atoms with E-state index in [1.54, 1.807) is 25.3 Å². The number of hydrogen-bond donors (Lipinski definition) is 5. The molecule has 0 spiro atoms. The summed E-state index contributed by atoms with van der Waals surface area (Å²) >= 11 is 3.02. The Kier molecular flexibility index (Phi) is 6.73. The molecular weight excluding hydrogens is 495 g/mol. The normalized spacial score (nSPS) is 19.1. The highest BCUT2D eigenvalue weighted by Crippen LogP contribution is 2.35. The number of carboxylic acid groups (broad SMARTS) is 1. The summed E-state index contributed by atoms with van der Waals surface area (Å²) in [6.45, 7) is 1.69. The van der Waals surface area contributed by atoms with Gasteiger partial charge in [-0.3, -0.25) is 5.41 Å². The minimum atomic E-state index is -1.01. The molecule has 1 fully saturated rings. The summed E-state index contributed by atoms with van der Waals surface area (Å²) in [7, 11) is 0. The zero-order chi connectivity index (χ0) is 20.3. The van der Waals surface area contributed by atoms with E-state index in [1.807, 2.05) is 22.9 Å². The number of pyridine rings is 1. The van der Waals surface area contributed by atoms with Gasteiger partial charge in [-0.15, -0.1) is 11.3 Å². The van der Waals surface area contributed by atoms with Gasteiger partial charge in [0.15, 0.2) is 0 Å². The van der Waals surface area contributed by atoms with Crippen LogP contribution in [0.5, 0.6) is 5.88 Å². The fraction of sp³-hybridized carbons (Fsp3) is 0.389. The Morgan fingerprint density at radius 1 is 1.39 bits per heavy atom. The number of thiophene rings is 1. The van der Waals surface area contributed by atoms with E-state index in [2.05, 4.69) is 13.8 Å². The third-order valence-corrected chi connectivity index (χ3v) is 6.73. The van der Waals surface area contributed by atoms with E-state index in [4.69, 9.17) is 10.1 Å². The smallest absolute Gasteiger partial charge is 0.346 e. The molecule has 0 radical (unpaired) electrons. The van der Waals surface area contributed by atoms with Crippen molar-refractivity contribution in [3.63, 3.8) is 0 Å². The lowest BCUT2D eigenvalue weighted by molar-refractivity contribution is 0.0647. The number of halogens is 1. The lowest BCUT2D eigenvalue weighted by Crippen LogP contribution is -2.27. The quantitative estimate of drug-likeness (QED) is 0.170. The molecule has 10 heteroatoms. The number of nitrogens with one attached hydrogen (secondary N) is 3. The van der Waals surface area contributed by atoms with Crippen LogP contribution in [0.1, 0.15) is 46.5 Å². The Morgan fingerprint density at radius 3 is 2.75 bits per heavy atom. The molecule has 5 N–H and O–H groups in total. The Labute approximate surface area is 180 Å². The van der Waals surface area contributed by atoms with Gasteiger partial charge >= 0.3 is 5.97 Å². The van der Waals surface area contributed by atoms with E-state index in [-0.39, 0.29) is 22.9 Å². The van der Waals surface area contributed by atoms with Crippen molar-refractivity contribution in [1.82, 2.24) is 4.98 Å². The number of aromatic nitrogens is 1. The molecule has 0 unspecified atom stereocenters. The standard InChI is InChI=1S/C18H21IN4O4S/c1-9-13(17(23-19)28-14(9)18(25)26)15(20)22-12-3-2-8-21-16(12)27-11-6-4-10(24)5-7-11/h2-3,8,10-11,23-24H,4-7H2,1H3,(H2,20,22)(H,25,26)/t10-,11-. The molecule has 0 bridgehead atoms. The molecule has 1 aliphatic carbocycles. The molecule has 3 rings (SSSR count). The molecule has 0 amide bonds. The molecule has 8 nitrogen and oxygen atoms in total. The largest absolute Gasteiger partial charge is 0.477 e. The van der Waals surface area contributed by atoms with Gasteiger partial charge in [0.05, 0.1) is 34.5 Å². The van der Waals surface area contributed by atoms with E-state index in [0.717, 1.165) is 24.2 Å². The molecule has 150 valence electrons. The fourth-order valence-corrected chi connectivity index (χ4v) is 4.73. The highest BCUT2D eigenvalue weighted by Gasteiger charge is 2.24. The minimum absolute atomic E-state index is 0.0268. The van der Waals surface area contributed by atoms with Crippen molar-refractivity contribution in [1.29, 1.82) is 5.41 Å². The van der Waals surface area contributed by atoms with Gasteiger partial charge in [0, 0.05) is 6.20 Å². The van der Waals surface area contributed by atoms with Gasteiger partial charge in [-0.05, 0) is 50.3 Å². The minimum Gasteiger partial charge on any atom is -0.477 e. The van der Waals surface area contributed by atoms with E-state index in [1.165, 1.54) is 0 Å². The highest BCUT2D eigenvalue weighted by atomic mass is 127. The number of nitrogens with zero attached hydrogens (tertiary/aromatic N) is 1. The van der Waals surface area contributed by atoms with Crippen molar-refractivity contribution in [3.05, 3.63) is 34.3 Å². The van der Waals surface area contributed by atoms with Crippen LogP contribution in [0.3, 0.4) is 0 Å². The molecule has 0 aliphatic heterocycles.